The van der Waals surface area contributed by atoms with Crippen LogP contribution in [0.5, 0.6) is 5.75 Å². The van der Waals surface area contributed by atoms with Crippen LogP contribution in [-0.4, -0.2) is 45.2 Å². The molecular weight excluding hydrogens is 375 g/mol. The Morgan fingerprint density at radius 3 is 2.93 bits per heavy atom. The second-order valence-electron chi connectivity index (χ2n) is 6.78. The van der Waals surface area contributed by atoms with Crippen molar-refractivity contribution < 1.29 is 13.9 Å². The predicted molar refractivity (Wildman–Crippen MR) is 105 cm³/mol. The Hall–Kier alpha value is -3.75. The number of anilines is 1. The third-order valence-electron chi connectivity index (χ3n) is 4.91. The van der Waals surface area contributed by atoms with Crippen LogP contribution in [0.2, 0.25) is 0 Å². The standard InChI is InChI=1S/C20H17FN6O2/c1-29-13-4-2-3-11(9-13)17-25-18-14-10-12(21)5-6-15(14)23-20(27(18)26-17)24-16-7-8-22-19(16)28/h2-6,9-10,16H,7-8H2,1H3,(H,22,28)(H,23,24)/t16-/m1/s1. The molecule has 5 rings (SSSR count). The lowest BCUT2D eigenvalue weighted by Crippen LogP contribution is -2.30. The first-order valence-electron chi connectivity index (χ1n) is 9.17. The van der Waals surface area contributed by atoms with E-state index in [1.54, 1.807) is 13.2 Å². The normalized spacial score (nSPS) is 16.3. The van der Waals surface area contributed by atoms with Crippen molar-refractivity contribution in [2.24, 2.45) is 0 Å². The number of nitrogens with one attached hydrogen (secondary N) is 2. The minimum Gasteiger partial charge on any atom is -0.497 e. The zero-order valence-electron chi connectivity index (χ0n) is 15.5. The average molecular weight is 392 g/mol. The number of methoxy groups -OCH3 is 1. The molecule has 9 heteroatoms. The molecule has 1 saturated heterocycles. The molecule has 4 aromatic rings. The molecule has 0 aliphatic carbocycles. The van der Waals surface area contributed by atoms with E-state index in [0.717, 1.165) is 5.56 Å². The summed E-state index contributed by atoms with van der Waals surface area (Å²) in [6.45, 7) is 0.602. The Kier molecular flexibility index (Phi) is 4.01. The molecule has 1 aliphatic rings. The number of amides is 1. The largest absolute Gasteiger partial charge is 0.497 e. The predicted octanol–water partition coefficient (Wildman–Crippen LogP) is 2.39. The molecular formula is C20H17FN6O2. The van der Waals surface area contributed by atoms with Crippen LogP contribution < -0.4 is 15.4 Å². The zero-order chi connectivity index (χ0) is 20.0. The molecule has 0 bridgehead atoms. The first-order chi connectivity index (χ1) is 14.1. The van der Waals surface area contributed by atoms with E-state index in [4.69, 9.17) is 4.74 Å². The topological polar surface area (TPSA) is 93.4 Å². The van der Waals surface area contributed by atoms with Crippen LogP contribution in [0.1, 0.15) is 6.42 Å². The van der Waals surface area contributed by atoms with Gasteiger partial charge in [0.1, 0.15) is 17.6 Å². The Morgan fingerprint density at radius 1 is 1.24 bits per heavy atom. The highest BCUT2D eigenvalue weighted by molar-refractivity contribution is 5.93. The van der Waals surface area contributed by atoms with Gasteiger partial charge >= 0.3 is 0 Å². The van der Waals surface area contributed by atoms with Gasteiger partial charge in [-0.1, -0.05) is 12.1 Å². The second-order valence-corrected chi connectivity index (χ2v) is 6.78. The Balaban J connectivity index is 1.71. The number of halogens is 1. The van der Waals surface area contributed by atoms with Gasteiger partial charge in [0.2, 0.25) is 11.9 Å². The number of ether oxygens (including phenoxy) is 1. The van der Waals surface area contributed by atoms with E-state index in [0.29, 0.717) is 47.0 Å². The van der Waals surface area contributed by atoms with Crippen molar-refractivity contribution in [3.63, 3.8) is 0 Å². The number of hydrogen-bond acceptors (Lipinski definition) is 6. The van der Waals surface area contributed by atoms with Crippen LogP contribution in [0.4, 0.5) is 10.3 Å². The molecule has 1 fully saturated rings. The second kappa shape index (κ2) is 6.69. The van der Waals surface area contributed by atoms with Gasteiger partial charge in [-0.3, -0.25) is 4.79 Å². The van der Waals surface area contributed by atoms with E-state index < -0.39 is 6.04 Å². The number of fused-ring (bicyclic) bond motifs is 3. The first-order valence-corrected chi connectivity index (χ1v) is 9.17. The fraction of sp³-hybridized carbons (Fsp3) is 0.200. The molecule has 146 valence electrons. The molecule has 2 aromatic carbocycles. The van der Waals surface area contributed by atoms with Crippen molar-refractivity contribution in [1.82, 2.24) is 24.9 Å². The summed E-state index contributed by atoms with van der Waals surface area (Å²) >= 11 is 0. The SMILES string of the molecule is COc1cccc(-c2nc3c4cc(F)ccc4nc(N[C@@H]4CCNC4=O)n3n2)c1. The van der Waals surface area contributed by atoms with E-state index in [2.05, 4.69) is 25.7 Å². The molecule has 1 atom stereocenters. The number of carbonyl (C=O) groups is 1. The number of rotatable bonds is 4. The highest BCUT2D eigenvalue weighted by Gasteiger charge is 2.26. The summed E-state index contributed by atoms with van der Waals surface area (Å²) in [4.78, 5) is 21.2. The molecule has 8 nitrogen and oxygen atoms in total. The summed E-state index contributed by atoms with van der Waals surface area (Å²) in [5.41, 5.74) is 1.76. The van der Waals surface area contributed by atoms with Crippen molar-refractivity contribution in [2.75, 3.05) is 19.0 Å². The third-order valence-corrected chi connectivity index (χ3v) is 4.91. The highest BCUT2D eigenvalue weighted by atomic mass is 19.1. The van der Waals surface area contributed by atoms with Gasteiger partial charge in [0.05, 0.1) is 12.6 Å². The first kappa shape index (κ1) is 17.4. The van der Waals surface area contributed by atoms with Crippen LogP contribution in [0.15, 0.2) is 42.5 Å². The number of hydrogen-bond donors (Lipinski definition) is 2. The van der Waals surface area contributed by atoms with Gasteiger partial charge in [-0.15, -0.1) is 5.10 Å². The molecule has 1 aliphatic heterocycles. The third kappa shape index (κ3) is 3.00. The van der Waals surface area contributed by atoms with Crippen molar-refractivity contribution in [1.29, 1.82) is 0 Å². The van der Waals surface area contributed by atoms with Gasteiger partial charge < -0.3 is 15.4 Å². The monoisotopic (exact) mass is 392 g/mol. The quantitative estimate of drug-likeness (QED) is 0.554. The van der Waals surface area contributed by atoms with Gasteiger partial charge in [0.15, 0.2) is 11.5 Å². The number of aromatic nitrogens is 4. The van der Waals surface area contributed by atoms with Gasteiger partial charge in [-0.2, -0.15) is 4.52 Å². The van der Waals surface area contributed by atoms with Crippen LogP contribution >= 0.6 is 0 Å². The van der Waals surface area contributed by atoms with Crippen molar-refractivity contribution in [3.05, 3.63) is 48.3 Å². The molecule has 0 spiro atoms. The van der Waals surface area contributed by atoms with E-state index in [-0.39, 0.29) is 11.7 Å². The highest BCUT2D eigenvalue weighted by Crippen LogP contribution is 2.27. The number of benzene rings is 2. The maximum absolute atomic E-state index is 13.9. The van der Waals surface area contributed by atoms with Crippen LogP contribution in [0.25, 0.3) is 27.9 Å². The molecule has 2 aromatic heterocycles. The van der Waals surface area contributed by atoms with Gasteiger partial charge in [0, 0.05) is 17.5 Å². The number of nitrogens with zero attached hydrogens (tertiary/aromatic N) is 4. The Morgan fingerprint density at radius 2 is 2.14 bits per heavy atom. The van der Waals surface area contributed by atoms with E-state index in [9.17, 15) is 9.18 Å². The lowest BCUT2D eigenvalue weighted by molar-refractivity contribution is -0.119. The van der Waals surface area contributed by atoms with Gasteiger partial charge in [-0.25, -0.2) is 14.4 Å². The summed E-state index contributed by atoms with van der Waals surface area (Å²) in [6, 6.07) is 11.3. The van der Waals surface area contributed by atoms with Gasteiger partial charge in [0.25, 0.3) is 0 Å². The van der Waals surface area contributed by atoms with Crippen LogP contribution in [-0.2, 0) is 4.79 Å². The minimum absolute atomic E-state index is 0.0905. The Labute approximate surface area is 164 Å². The Bertz CT molecular complexity index is 1250. The van der Waals surface area contributed by atoms with Gasteiger partial charge in [-0.05, 0) is 36.8 Å². The van der Waals surface area contributed by atoms with E-state index in [1.807, 2.05) is 24.3 Å². The fourth-order valence-electron chi connectivity index (χ4n) is 3.45. The summed E-state index contributed by atoms with van der Waals surface area (Å²) in [7, 11) is 1.59. The van der Waals surface area contributed by atoms with E-state index in [1.165, 1.54) is 16.6 Å². The maximum Gasteiger partial charge on any atom is 0.242 e. The smallest absolute Gasteiger partial charge is 0.242 e. The maximum atomic E-state index is 13.9. The zero-order valence-corrected chi connectivity index (χ0v) is 15.5. The van der Waals surface area contributed by atoms with Crippen LogP contribution in [0.3, 0.4) is 0 Å². The van der Waals surface area contributed by atoms with Crippen molar-refractivity contribution in [2.45, 2.75) is 12.5 Å². The molecule has 29 heavy (non-hydrogen) atoms. The summed E-state index contributed by atoms with van der Waals surface area (Å²) in [5.74, 6) is 1.02. The summed E-state index contributed by atoms with van der Waals surface area (Å²) < 4.78 is 20.7. The molecule has 0 radical (unpaired) electrons. The molecule has 2 N–H and O–H groups in total. The molecule has 1 amide bonds. The minimum atomic E-state index is -0.409. The van der Waals surface area contributed by atoms with Crippen LogP contribution in [0, 0.1) is 5.82 Å². The van der Waals surface area contributed by atoms with Crippen molar-refractivity contribution >= 4 is 28.4 Å². The van der Waals surface area contributed by atoms with Crippen molar-refractivity contribution in [3.8, 4) is 17.1 Å². The molecule has 0 unspecified atom stereocenters. The lowest BCUT2D eigenvalue weighted by atomic mass is 10.2. The fourth-order valence-corrected chi connectivity index (χ4v) is 3.45. The lowest BCUT2D eigenvalue weighted by Gasteiger charge is -2.12. The summed E-state index contributed by atoms with van der Waals surface area (Å²) in [5, 5.41) is 11.0. The molecule has 0 saturated carbocycles. The van der Waals surface area contributed by atoms with E-state index >= 15 is 0 Å². The number of carbonyl (C=O) groups excluding carboxylic acids is 1. The average Bonchev–Trinajstić information content (AvgIpc) is 3.36. The summed E-state index contributed by atoms with van der Waals surface area (Å²) in [6.07, 6.45) is 0.640. The molecule has 3 heterocycles.